The van der Waals surface area contributed by atoms with Gasteiger partial charge in [0, 0.05) is 150 Å². The van der Waals surface area contributed by atoms with Crippen molar-refractivity contribution in [3.63, 3.8) is 0 Å². The summed E-state index contributed by atoms with van der Waals surface area (Å²) in [6.45, 7) is 0. The lowest BCUT2D eigenvalue weighted by Crippen LogP contribution is -2.20. The fraction of sp³-hybridized carbons (Fsp3) is 0. The van der Waals surface area contributed by atoms with Crippen LogP contribution in [0.15, 0.2) is 361 Å². The number of rotatable bonds is 20. The van der Waals surface area contributed by atoms with E-state index in [9.17, 15) is 57.5 Å². The third kappa shape index (κ3) is 23.7. The molecule has 0 aliphatic carbocycles. The molecule has 4 aromatic carbocycles. The van der Waals surface area contributed by atoms with Gasteiger partial charge >= 0.3 is 0 Å². The van der Waals surface area contributed by atoms with E-state index in [4.69, 9.17) is 46.4 Å². The van der Waals surface area contributed by atoms with Crippen molar-refractivity contribution in [3.8, 4) is 22.7 Å². The van der Waals surface area contributed by atoms with Gasteiger partial charge in [0.15, 0.2) is 5.69 Å². The molecule has 632 valence electrons. The Morgan fingerprint density at radius 3 is 0.945 bits per heavy atom. The largest absolute Gasteiger partial charge is 0.322 e. The number of pyridine rings is 12. The molecule has 0 bridgehead atoms. The van der Waals surface area contributed by atoms with E-state index in [1.807, 2.05) is 0 Å². The fourth-order valence-electron chi connectivity index (χ4n) is 11.7. The Labute approximate surface area is 744 Å². The van der Waals surface area contributed by atoms with Gasteiger partial charge in [0.25, 0.3) is 69.5 Å². The van der Waals surface area contributed by atoms with Crippen LogP contribution in [-0.4, -0.2) is 105 Å². The molecule has 0 radical (unpaired) electrons. The second-order valence-electron chi connectivity index (χ2n) is 26.5. The van der Waals surface area contributed by atoms with Gasteiger partial charge in [-0.05, 0) is 206 Å². The number of hydrogen-bond acceptors (Lipinski definition) is 20. The van der Waals surface area contributed by atoms with Crippen LogP contribution in [0.3, 0.4) is 0 Å². The van der Waals surface area contributed by atoms with Crippen molar-refractivity contribution in [1.82, 2.24) is 58.1 Å². The average molecular weight is 1780 g/mol. The molecule has 0 fully saturated rings. The molecule has 0 aliphatic heterocycles. The Balaban J connectivity index is 0.000000146. The first-order valence-corrected chi connectivity index (χ1v) is 39.4. The van der Waals surface area contributed by atoms with Gasteiger partial charge in [-0.15, -0.1) is 0 Å². The zero-order valence-electron chi connectivity index (χ0n) is 66.1. The number of aromatic nitrogens is 12. The number of halogens is 4. The Bertz CT molecular complexity index is 6180. The zero-order chi connectivity index (χ0) is 90.0. The molecular formula is C92H64Cl4N20O12. The quantitative estimate of drug-likeness (QED) is 0.0351. The predicted molar refractivity (Wildman–Crippen MR) is 486 cm³/mol. The highest BCUT2D eigenvalue weighted by molar-refractivity contribution is 6.31. The maximum atomic E-state index is 12.8. The lowest BCUT2D eigenvalue weighted by Gasteiger charge is -2.11. The summed E-state index contributed by atoms with van der Waals surface area (Å²) in [7, 11) is 0. The minimum atomic E-state index is -0.521. The molecule has 0 aliphatic rings. The molecule has 16 rings (SSSR count). The van der Waals surface area contributed by atoms with Crippen LogP contribution >= 0.6 is 46.4 Å². The van der Waals surface area contributed by atoms with Crippen molar-refractivity contribution in [2.45, 2.75) is 0 Å². The Morgan fingerprint density at radius 1 is 0.234 bits per heavy atom. The minimum absolute atomic E-state index is 0.0400. The summed E-state index contributed by atoms with van der Waals surface area (Å²) in [4.78, 5) is 181. The summed E-state index contributed by atoms with van der Waals surface area (Å²) >= 11 is 23.2. The van der Waals surface area contributed by atoms with Crippen LogP contribution < -0.4 is 64.8 Å². The molecule has 0 atom stereocenters. The number of carbonyl (C=O) groups is 8. The molecule has 0 spiro atoms. The molecule has 128 heavy (non-hydrogen) atoms. The lowest BCUT2D eigenvalue weighted by atomic mass is 10.2. The van der Waals surface area contributed by atoms with E-state index in [0.29, 0.717) is 65.6 Å². The molecule has 16 aromatic rings. The van der Waals surface area contributed by atoms with Gasteiger partial charge in [-0.2, -0.15) is 0 Å². The number of carbonyl (C=O) groups excluding carboxylic acids is 8. The van der Waals surface area contributed by atoms with E-state index >= 15 is 0 Å². The standard InChI is InChI=1S/4C23H16ClN5O3/c24-15-6-11-19(26-14-15)22(31)28-18-4-3-12-25-21(18)23(32)27-16-7-9-17(10-8-16)29-13-2-1-5-20(29)30;24-15-6-11-19(26-14-15)23(32)28-21-18(4-3-12-25-21)22(31)27-16-7-9-17(10-8-16)29-13-2-1-5-20(29)30;24-15-4-9-20(26-13-15)23(32)28-19-10-11-25-14-18(19)22(31)27-16-5-7-17(8-6-16)29-12-2-1-3-21(29)30;24-15-4-9-19(26-13-15)23(32)28-20-14-25-11-10-18(20)22(31)27-16-5-7-17(8-6-16)29-12-2-1-3-21(29)30/h1-14H,(H,27,32)(H,28,31);2*1-14H,(H,27,31)(H,25,28,32);1-14H,(H,27,31)(H,28,32). The van der Waals surface area contributed by atoms with Gasteiger partial charge in [-0.1, -0.05) is 70.7 Å². The molecule has 8 N–H and O–H groups in total. The molecule has 32 nitrogen and oxygen atoms in total. The molecule has 8 amide bonds. The van der Waals surface area contributed by atoms with Crippen molar-refractivity contribution < 1.29 is 38.4 Å². The molecule has 12 heterocycles. The van der Waals surface area contributed by atoms with Crippen LogP contribution in [0.4, 0.5) is 45.6 Å². The fourth-order valence-corrected chi connectivity index (χ4v) is 12.1. The van der Waals surface area contributed by atoms with Gasteiger partial charge in [-0.25, -0.2) is 29.9 Å². The summed E-state index contributed by atoms with van der Waals surface area (Å²) in [5.41, 5.74) is 6.07. The molecular weight excluding hydrogens is 1720 g/mol. The van der Waals surface area contributed by atoms with E-state index in [1.54, 1.807) is 219 Å². The van der Waals surface area contributed by atoms with Gasteiger partial charge < -0.3 is 42.5 Å². The maximum absolute atomic E-state index is 12.8. The normalized spacial score (nSPS) is 10.4. The number of benzene rings is 4. The van der Waals surface area contributed by atoms with Gasteiger partial charge in [0.05, 0.1) is 60.0 Å². The summed E-state index contributed by atoms with van der Waals surface area (Å²) in [6, 6.07) is 68.2. The Kier molecular flexibility index (Phi) is 29.4. The van der Waals surface area contributed by atoms with Crippen LogP contribution in [0.1, 0.15) is 83.5 Å². The van der Waals surface area contributed by atoms with Crippen molar-refractivity contribution >= 4 is 139 Å². The van der Waals surface area contributed by atoms with Crippen molar-refractivity contribution in [2.24, 2.45) is 0 Å². The Hall–Kier alpha value is -17.2. The first-order valence-electron chi connectivity index (χ1n) is 37.9. The minimum Gasteiger partial charge on any atom is -0.322 e. The number of anilines is 8. The molecule has 0 saturated carbocycles. The first kappa shape index (κ1) is 88.6. The van der Waals surface area contributed by atoms with Crippen LogP contribution in [0.2, 0.25) is 20.1 Å². The molecule has 0 saturated heterocycles. The third-order valence-corrected chi connectivity index (χ3v) is 18.8. The summed E-state index contributed by atoms with van der Waals surface area (Å²) in [6.07, 6.45) is 20.7. The highest BCUT2D eigenvalue weighted by Gasteiger charge is 2.22. The van der Waals surface area contributed by atoms with Crippen LogP contribution in [0.5, 0.6) is 0 Å². The SMILES string of the molecule is O=C(Nc1cccnc1C(=O)Nc1ccc(-n2ccccc2=O)cc1)c1ccc(Cl)cn1.O=C(Nc1ccncc1C(=O)Nc1ccc(-n2ccccc2=O)cc1)c1ccc(Cl)cn1.O=C(Nc1cnccc1C(=O)Nc1ccc(-n2ccccc2=O)cc1)c1ccc(Cl)cn1.O=C(Nc1ncccc1C(=O)Nc1ccc(-n2ccccc2=O)cc1)c1ccc(Cl)cn1. The number of hydrogen-bond donors (Lipinski definition) is 8. The van der Waals surface area contributed by atoms with Crippen molar-refractivity contribution in [3.05, 3.63) is 448 Å². The Morgan fingerprint density at radius 2 is 0.562 bits per heavy atom. The monoisotopic (exact) mass is 1780 g/mol. The molecule has 36 heteroatoms. The highest BCUT2D eigenvalue weighted by atomic mass is 35.5. The van der Waals surface area contributed by atoms with E-state index in [0.717, 1.165) is 0 Å². The third-order valence-electron chi connectivity index (χ3n) is 17.9. The van der Waals surface area contributed by atoms with E-state index in [2.05, 4.69) is 82.4 Å². The predicted octanol–water partition coefficient (Wildman–Crippen LogP) is 15.1. The van der Waals surface area contributed by atoms with E-state index < -0.39 is 47.3 Å². The maximum Gasteiger partial charge on any atom is 0.276 e. The van der Waals surface area contributed by atoms with Crippen LogP contribution in [0.25, 0.3) is 22.7 Å². The molecule has 12 aromatic heterocycles. The highest BCUT2D eigenvalue weighted by Crippen LogP contribution is 2.25. The summed E-state index contributed by atoms with van der Waals surface area (Å²) < 4.78 is 5.96. The van der Waals surface area contributed by atoms with Gasteiger partial charge in [-0.3, -0.25) is 85.8 Å². The van der Waals surface area contributed by atoms with Crippen LogP contribution in [-0.2, 0) is 0 Å². The lowest BCUT2D eigenvalue weighted by molar-refractivity contribution is 0.100. The first-order chi connectivity index (χ1) is 62.0. The van der Waals surface area contributed by atoms with Crippen LogP contribution in [0, 0.1) is 0 Å². The van der Waals surface area contributed by atoms with Gasteiger partial charge in [0.1, 0.15) is 28.6 Å². The second kappa shape index (κ2) is 42.5. The molecule has 0 unspecified atom stereocenters. The van der Waals surface area contributed by atoms with E-state index in [-0.39, 0.29) is 90.3 Å². The topological polar surface area (TPSA) is 424 Å². The van der Waals surface area contributed by atoms with Crippen molar-refractivity contribution in [1.29, 1.82) is 0 Å². The number of amides is 8. The second-order valence-corrected chi connectivity index (χ2v) is 28.3. The number of nitrogens with one attached hydrogen (secondary N) is 8. The van der Waals surface area contributed by atoms with Gasteiger partial charge in [0.2, 0.25) is 0 Å². The summed E-state index contributed by atoms with van der Waals surface area (Å²) in [5.74, 6) is -3.76. The smallest absolute Gasteiger partial charge is 0.276 e. The zero-order valence-corrected chi connectivity index (χ0v) is 69.1. The van der Waals surface area contributed by atoms with Crippen molar-refractivity contribution in [2.75, 3.05) is 42.5 Å². The van der Waals surface area contributed by atoms with E-state index in [1.165, 1.54) is 141 Å². The summed E-state index contributed by atoms with van der Waals surface area (Å²) in [5, 5.41) is 23.2. The average Bonchev–Trinajstić information content (AvgIpc) is 0.857. The number of nitrogens with zero attached hydrogens (tertiary/aromatic N) is 12.